The second-order valence-electron chi connectivity index (χ2n) is 5.57. The Kier molecular flexibility index (Phi) is 6.85. The standard InChI is InChI=1S/C16H24N2O4/c1-10(2)16(20)22-9-12-6-7-13(17-11(3)4)8-14(12)15(19)18-21-5/h6-8,10-11,17H,9H2,1-5H3,(H,18,19). The quantitative estimate of drug-likeness (QED) is 0.598. The van der Waals surface area contributed by atoms with Gasteiger partial charge in [0.2, 0.25) is 0 Å². The van der Waals surface area contributed by atoms with Gasteiger partial charge in [-0.1, -0.05) is 19.9 Å². The highest BCUT2D eigenvalue weighted by Crippen LogP contribution is 2.18. The number of anilines is 1. The summed E-state index contributed by atoms with van der Waals surface area (Å²) in [6.45, 7) is 7.58. The minimum Gasteiger partial charge on any atom is -0.461 e. The van der Waals surface area contributed by atoms with E-state index >= 15 is 0 Å². The molecule has 6 nitrogen and oxygen atoms in total. The number of rotatable bonds is 7. The topological polar surface area (TPSA) is 76.7 Å². The molecule has 122 valence electrons. The molecule has 0 aromatic heterocycles. The van der Waals surface area contributed by atoms with Crippen LogP contribution in [0.3, 0.4) is 0 Å². The maximum Gasteiger partial charge on any atom is 0.308 e. The SMILES string of the molecule is CONC(=O)c1cc(NC(C)C)ccc1COC(=O)C(C)C. The van der Waals surface area contributed by atoms with Crippen molar-refractivity contribution in [1.82, 2.24) is 5.48 Å². The minimum absolute atomic E-state index is 0.0471. The van der Waals surface area contributed by atoms with Crippen LogP contribution in [0, 0.1) is 5.92 Å². The molecule has 1 rings (SSSR count). The number of hydrogen-bond acceptors (Lipinski definition) is 5. The van der Waals surface area contributed by atoms with E-state index in [2.05, 4.69) is 15.6 Å². The van der Waals surface area contributed by atoms with Crippen LogP contribution in [0.5, 0.6) is 0 Å². The second kappa shape index (κ2) is 8.38. The summed E-state index contributed by atoms with van der Waals surface area (Å²) in [6.07, 6.45) is 0. The van der Waals surface area contributed by atoms with Crippen molar-refractivity contribution >= 4 is 17.6 Å². The van der Waals surface area contributed by atoms with Crippen molar-refractivity contribution in [3.8, 4) is 0 Å². The van der Waals surface area contributed by atoms with Crippen LogP contribution in [-0.4, -0.2) is 25.0 Å². The first-order chi connectivity index (χ1) is 10.3. The summed E-state index contributed by atoms with van der Waals surface area (Å²) in [6, 6.07) is 5.57. The van der Waals surface area contributed by atoms with Gasteiger partial charge < -0.3 is 10.1 Å². The highest BCUT2D eigenvalue weighted by atomic mass is 16.6. The number of esters is 1. The minimum atomic E-state index is -0.384. The number of carbonyl (C=O) groups is 2. The first-order valence-corrected chi connectivity index (χ1v) is 7.24. The summed E-state index contributed by atoms with van der Waals surface area (Å²) in [5, 5.41) is 3.22. The Morgan fingerprint density at radius 3 is 2.41 bits per heavy atom. The molecule has 0 spiro atoms. The molecule has 0 fully saturated rings. The smallest absolute Gasteiger partial charge is 0.308 e. The van der Waals surface area contributed by atoms with Gasteiger partial charge in [0.05, 0.1) is 18.6 Å². The number of ether oxygens (including phenoxy) is 1. The van der Waals surface area contributed by atoms with Crippen LogP contribution in [0.15, 0.2) is 18.2 Å². The van der Waals surface area contributed by atoms with Crippen LogP contribution >= 0.6 is 0 Å². The number of carbonyl (C=O) groups excluding carboxylic acids is 2. The van der Waals surface area contributed by atoms with Crippen molar-refractivity contribution in [2.45, 2.75) is 40.3 Å². The van der Waals surface area contributed by atoms with Gasteiger partial charge in [-0.3, -0.25) is 14.4 Å². The first kappa shape index (κ1) is 18.0. The van der Waals surface area contributed by atoms with Crippen LogP contribution in [-0.2, 0) is 21.0 Å². The van der Waals surface area contributed by atoms with Gasteiger partial charge in [-0.2, -0.15) is 0 Å². The van der Waals surface area contributed by atoms with Crippen molar-refractivity contribution in [3.63, 3.8) is 0 Å². The van der Waals surface area contributed by atoms with Gasteiger partial charge in [0, 0.05) is 17.3 Å². The normalized spacial score (nSPS) is 10.7. The molecule has 0 radical (unpaired) electrons. The molecule has 0 heterocycles. The second-order valence-corrected chi connectivity index (χ2v) is 5.57. The number of nitrogens with one attached hydrogen (secondary N) is 2. The Labute approximate surface area is 131 Å². The van der Waals surface area contributed by atoms with Crippen LogP contribution in [0.1, 0.15) is 43.6 Å². The van der Waals surface area contributed by atoms with Crippen LogP contribution in [0.2, 0.25) is 0 Å². The molecule has 2 N–H and O–H groups in total. The molecule has 0 atom stereocenters. The highest BCUT2D eigenvalue weighted by molar-refractivity contribution is 5.96. The molecule has 1 aromatic carbocycles. The average Bonchev–Trinajstić information content (AvgIpc) is 2.44. The summed E-state index contributed by atoms with van der Waals surface area (Å²) in [5.74, 6) is -0.897. The summed E-state index contributed by atoms with van der Waals surface area (Å²) in [4.78, 5) is 28.3. The number of hydrogen-bond donors (Lipinski definition) is 2. The predicted molar refractivity (Wildman–Crippen MR) is 84.3 cm³/mol. The van der Waals surface area contributed by atoms with Crippen LogP contribution in [0.25, 0.3) is 0 Å². The third kappa shape index (κ3) is 5.37. The summed E-state index contributed by atoms with van der Waals surface area (Å²) >= 11 is 0. The molecule has 0 aliphatic rings. The molecule has 22 heavy (non-hydrogen) atoms. The largest absolute Gasteiger partial charge is 0.461 e. The molecule has 1 aromatic rings. The van der Waals surface area contributed by atoms with E-state index in [4.69, 9.17) is 4.74 Å². The maximum atomic E-state index is 12.1. The molecule has 0 aliphatic carbocycles. The van der Waals surface area contributed by atoms with Gasteiger partial charge >= 0.3 is 5.97 Å². The number of amides is 1. The van der Waals surface area contributed by atoms with Gasteiger partial charge in [0.15, 0.2) is 0 Å². The van der Waals surface area contributed by atoms with Gasteiger partial charge in [-0.05, 0) is 26.0 Å². The van der Waals surface area contributed by atoms with E-state index in [0.717, 1.165) is 5.69 Å². The van der Waals surface area contributed by atoms with Crippen molar-refractivity contribution < 1.29 is 19.2 Å². The van der Waals surface area contributed by atoms with Crippen molar-refractivity contribution in [2.75, 3.05) is 12.4 Å². The van der Waals surface area contributed by atoms with E-state index in [-0.39, 0.29) is 30.4 Å². The average molecular weight is 308 g/mol. The van der Waals surface area contributed by atoms with Crippen LogP contribution < -0.4 is 10.8 Å². The fraction of sp³-hybridized carbons (Fsp3) is 0.500. The monoisotopic (exact) mass is 308 g/mol. The maximum absolute atomic E-state index is 12.1. The Balaban J connectivity index is 2.98. The third-order valence-electron chi connectivity index (χ3n) is 2.85. The molecular formula is C16H24N2O4. The molecular weight excluding hydrogens is 284 g/mol. The fourth-order valence-electron chi connectivity index (χ4n) is 1.80. The fourth-order valence-corrected chi connectivity index (χ4v) is 1.80. The lowest BCUT2D eigenvalue weighted by Crippen LogP contribution is -2.24. The Morgan fingerprint density at radius 1 is 1.18 bits per heavy atom. The molecule has 1 amide bonds. The van der Waals surface area contributed by atoms with E-state index in [1.54, 1.807) is 26.0 Å². The first-order valence-electron chi connectivity index (χ1n) is 7.24. The van der Waals surface area contributed by atoms with Crippen molar-refractivity contribution in [3.05, 3.63) is 29.3 Å². The van der Waals surface area contributed by atoms with E-state index < -0.39 is 0 Å². The van der Waals surface area contributed by atoms with Gasteiger partial charge in [0.25, 0.3) is 5.91 Å². The molecule has 0 saturated heterocycles. The summed E-state index contributed by atoms with van der Waals surface area (Å²) in [7, 11) is 1.37. The summed E-state index contributed by atoms with van der Waals surface area (Å²) in [5.41, 5.74) is 4.13. The van der Waals surface area contributed by atoms with Crippen molar-refractivity contribution in [2.24, 2.45) is 5.92 Å². The summed E-state index contributed by atoms with van der Waals surface area (Å²) < 4.78 is 5.20. The van der Waals surface area contributed by atoms with Gasteiger partial charge in [-0.15, -0.1) is 0 Å². The van der Waals surface area contributed by atoms with Crippen LogP contribution in [0.4, 0.5) is 5.69 Å². The Morgan fingerprint density at radius 2 is 1.86 bits per heavy atom. The molecule has 6 heteroatoms. The molecule has 0 unspecified atom stereocenters. The van der Waals surface area contributed by atoms with E-state index in [1.165, 1.54) is 7.11 Å². The lowest BCUT2D eigenvalue weighted by molar-refractivity contribution is -0.148. The Hall–Kier alpha value is -2.08. The van der Waals surface area contributed by atoms with E-state index in [9.17, 15) is 9.59 Å². The zero-order valence-electron chi connectivity index (χ0n) is 13.7. The zero-order valence-corrected chi connectivity index (χ0v) is 13.7. The van der Waals surface area contributed by atoms with Gasteiger partial charge in [-0.25, -0.2) is 5.48 Å². The predicted octanol–water partition coefficient (Wildman–Crippen LogP) is 2.50. The highest BCUT2D eigenvalue weighted by Gasteiger charge is 2.15. The van der Waals surface area contributed by atoms with E-state index in [1.807, 2.05) is 19.9 Å². The van der Waals surface area contributed by atoms with E-state index in [0.29, 0.717) is 11.1 Å². The molecule has 0 aliphatic heterocycles. The lowest BCUT2D eigenvalue weighted by Gasteiger charge is -2.15. The molecule has 0 bridgehead atoms. The van der Waals surface area contributed by atoms with Gasteiger partial charge in [0.1, 0.15) is 6.61 Å². The zero-order chi connectivity index (χ0) is 16.7. The molecule has 0 saturated carbocycles. The third-order valence-corrected chi connectivity index (χ3v) is 2.85. The lowest BCUT2D eigenvalue weighted by atomic mass is 10.1. The Bertz CT molecular complexity index is 527. The number of hydroxylamine groups is 1. The van der Waals surface area contributed by atoms with Crippen molar-refractivity contribution in [1.29, 1.82) is 0 Å². The number of benzene rings is 1.